The second-order valence-electron chi connectivity index (χ2n) is 10.5. The molecule has 1 heterocycles. The topological polar surface area (TPSA) is 55.8 Å². The van der Waals surface area contributed by atoms with Gasteiger partial charge in [0.2, 0.25) is 0 Å². The summed E-state index contributed by atoms with van der Waals surface area (Å²) in [6.45, 7) is 1.94. The van der Waals surface area contributed by atoms with E-state index >= 15 is 0 Å². The third-order valence-corrected chi connectivity index (χ3v) is 7.79. The van der Waals surface area contributed by atoms with Crippen LogP contribution in [0.1, 0.15) is 83.6 Å². The summed E-state index contributed by atoms with van der Waals surface area (Å²) in [4.78, 5) is 26.5. The number of rotatable bonds is 8. The first-order valence-corrected chi connectivity index (χ1v) is 13.2. The Morgan fingerprint density at radius 1 is 0.950 bits per heavy atom. The minimum Gasteiger partial charge on any atom is -0.469 e. The average molecular weight is 572 g/mol. The fraction of sp³-hybridized carbons (Fsp3) is 0.517. The van der Waals surface area contributed by atoms with Crippen LogP contribution in [-0.4, -0.2) is 43.1 Å². The predicted octanol–water partition coefficient (Wildman–Crippen LogP) is 7.16. The largest absolute Gasteiger partial charge is 0.469 e. The summed E-state index contributed by atoms with van der Waals surface area (Å²) in [6.07, 6.45) is -7.20. The Morgan fingerprint density at radius 3 is 2.20 bits per heavy atom. The van der Waals surface area contributed by atoms with Crippen molar-refractivity contribution in [1.82, 2.24) is 4.90 Å². The normalized spacial score (nSPS) is 18.7. The smallest absolute Gasteiger partial charge is 0.416 e. The SMILES string of the molecule is COC(=O)C[C@H](c1cccc(C(=O)OC2CCN(C(C)c3cc(C(F)(F)F)ccc3C(F)(F)F)CC2)c1)C1CC1. The van der Waals surface area contributed by atoms with Gasteiger partial charge in [-0.1, -0.05) is 12.1 Å². The molecule has 2 aliphatic rings. The van der Waals surface area contributed by atoms with Crippen LogP contribution in [0.15, 0.2) is 42.5 Å². The molecule has 1 aliphatic carbocycles. The van der Waals surface area contributed by atoms with Crippen molar-refractivity contribution < 1.29 is 45.4 Å². The number of halogens is 6. The van der Waals surface area contributed by atoms with E-state index in [-0.39, 0.29) is 31.4 Å². The number of likely N-dealkylation sites (tertiary alicyclic amines) is 1. The van der Waals surface area contributed by atoms with Crippen LogP contribution in [0.4, 0.5) is 26.3 Å². The highest BCUT2D eigenvalue weighted by atomic mass is 19.4. The van der Waals surface area contributed by atoms with Crippen molar-refractivity contribution in [1.29, 1.82) is 0 Å². The molecule has 5 nitrogen and oxygen atoms in total. The Labute approximate surface area is 228 Å². The third kappa shape index (κ3) is 7.16. The predicted molar refractivity (Wildman–Crippen MR) is 133 cm³/mol. The minimum absolute atomic E-state index is 0.0534. The number of esters is 2. The van der Waals surface area contributed by atoms with Crippen molar-refractivity contribution in [3.8, 4) is 0 Å². The maximum atomic E-state index is 13.6. The van der Waals surface area contributed by atoms with Crippen LogP contribution in [-0.2, 0) is 26.6 Å². The van der Waals surface area contributed by atoms with Gasteiger partial charge in [-0.2, -0.15) is 26.3 Å². The van der Waals surface area contributed by atoms with Crippen molar-refractivity contribution in [3.63, 3.8) is 0 Å². The molecule has 1 saturated carbocycles. The average Bonchev–Trinajstić information content (AvgIpc) is 3.75. The van der Waals surface area contributed by atoms with E-state index in [9.17, 15) is 35.9 Å². The van der Waals surface area contributed by atoms with Gasteiger partial charge in [0.15, 0.2) is 0 Å². The van der Waals surface area contributed by atoms with E-state index in [2.05, 4.69) is 0 Å². The molecule has 0 aromatic heterocycles. The zero-order chi connectivity index (χ0) is 29.2. The van der Waals surface area contributed by atoms with Gasteiger partial charge in [-0.3, -0.25) is 9.69 Å². The fourth-order valence-corrected chi connectivity index (χ4v) is 5.35. The Hall–Kier alpha value is -3.08. The van der Waals surface area contributed by atoms with E-state index in [0.29, 0.717) is 42.5 Å². The number of ether oxygens (including phenoxy) is 2. The molecule has 0 N–H and O–H groups in total. The van der Waals surface area contributed by atoms with Crippen molar-refractivity contribution in [3.05, 3.63) is 70.3 Å². The number of carbonyl (C=O) groups is 2. The summed E-state index contributed by atoms with van der Waals surface area (Å²) in [6, 6.07) is 7.51. The number of piperidine rings is 1. The maximum absolute atomic E-state index is 13.6. The molecule has 1 unspecified atom stereocenters. The van der Waals surface area contributed by atoms with Crippen molar-refractivity contribution >= 4 is 11.9 Å². The van der Waals surface area contributed by atoms with Gasteiger partial charge in [-0.25, -0.2) is 4.79 Å². The number of carbonyl (C=O) groups excluding carboxylic acids is 2. The monoisotopic (exact) mass is 571 g/mol. The molecule has 0 radical (unpaired) electrons. The molecule has 0 spiro atoms. The third-order valence-electron chi connectivity index (χ3n) is 7.79. The zero-order valence-corrected chi connectivity index (χ0v) is 22.1. The maximum Gasteiger partial charge on any atom is 0.416 e. The summed E-state index contributed by atoms with van der Waals surface area (Å²) < 4.78 is 91.0. The molecule has 4 rings (SSSR count). The number of benzene rings is 2. The van der Waals surface area contributed by atoms with E-state index in [1.54, 1.807) is 23.1 Å². The van der Waals surface area contributed by atoms with Gasteiger partial charge < -0.3 is 9.47 Å². The lowest BCUT2D eigenvalue weighted by Gasteiger charge is -2.37. The van der Waals surface area contributed by atoms with Gasteiger partial charge >= 0.3 is 24.3 Å². The van der Waals surface area contributed by atoms with E-state index < -0.39 is 47.2 Å². The highest BCUT2D eigenvalue weighted by molar-refractivity contribution is 5.89. The molecule has 40 heavy (non-hydrogen) atoms. The lowest BCUT2D eigenvalue weighted by Crippen LogP contribution is -2.39. The lowest BCUT2D eigenvalue weighted by atomic mass is 9.90. The Morgan fingerprint density at radius 2 is 1.62 bits per heavy atom. The molecule has 218 valence electrons. The second kappa shape index (κ2) is 11.8. The first-order valence-electron chi connectivity index (χ1n) is 13.2. The molecule has 1 saturated heterocycles. The number of hydrogen-bond donors (Lipinski definition) is 0. The fourth-order valence-electron chi connectivity index (χ4n) is 5.35. The van der Waals surface area contributed by atoms with Crippen LogP contribution < -0.4 is 0 Å². The van der Waals surface area contributed by atoms with Crippen LogP contribution in [0.5, 0.6) is 0 Å². The van der Waals surface area contributed by atoms with Crippen LogP contribution in [0.25, 0.3) is 0 Å². The number of nitrogens with zero attached hydrogens (tertiary/aromatic N) is 1. The van der Waals surface area contributed by atoms with E-state index in [0.717, 1.165) is 18.4 Å². The molecule has 2 aromatic carbocycles. The van der Waals surface area contributed by atoms with Crippen molar-refractivity contribution in [2.45, 2.75) is 69.4 Å². The highest BCUT2D eigenvalue weighted by Crippen LogP contribution is 2.45. The van der Waals surface area contributed by atoms with Crippen LogP contribution in [0.2, 0.25) is 0 Å². The summed E-state index contributed by atoms with van der Waals surface area (Å²) in [5, 5.41) is 0. The van der Waals surface area contributed by atoms with Gasteiger partial charge in [0.1, 0.15) is 6.10 Å². The molecule has 1 aliphatic heterocycles. The molecule has 0 amide bonds. The van der Waals surface area contributed by atoms with Gasteiger partial charge in [0.25, 0.3) is 0 Å². The van der Waals surface area contributed by atoms with Gasteiger partial charge in [-0.05, 0) is 85.9 Å². The zero-order valence-electron chi connectivity index (χ0n) is 22.1. The standard InChI is InChI=1S/C29H31F6NO4/c1-17(23-15-21(28(30,31)32)8-9-25(23)29(33,34)35)36-12-10-22(11-13-36)40-27(38)20-5-3-4-19(14-20)24(18-6-7-18)16-26(37)39-2/h3-5,8-9,14-15,17-18,22,24H,6-7,10-13,16H2,1-2H3/t17?,24-/m0/s1. The second-order valence-corrected chi connectivity index (χ2v) is 10.5. The number of methoxy groups -OCH3 is 1. The number of hydrogen-bond acceptors (Lipinski definition) is 5. The molecule has 2 fully saturated rings. The van der Waals surface area contributed by atoms with Crippen molar-refractivity contribution in [2.24, 2.45) is 5.92 Å². The summed E-state index contributed by atoms with van der Waals surface area (Å²) in [5.41, 5.74) is -1.48. The Bertz CT molecular complexity index is 1220. The lowest BCUT2D eigenvalue weighted by molar-refractivity contribution is -0.142. The Balaban J connectivity index is 1.40. The molecule has 0 bridgehead atoms. The highest BCUT2D eigenvalue weighted by Gasteiger charge is 2.39. The van der Waals surface area contributed by atoms with Crippen LogP contribution >= 0.6 is 0 Å². The minimum atomic E-state index is -4.80. The van der Waals surface area contributed by atoms with Crippen LogP contribution in [0, 0.1) is 5.92 Å². The van der Waals surface area contributed by atoms with Crippen LogP contribution in [0.3, 0.4) is 0 Å². The van der Waals surface area contributed by atoms with Gasteiger partial charge in [0, 0.05) is 19.1 Å². The van der Waals surface area contributed by atoms with E-state index in [4.69, 9.17) is 9.47 Å². The number of alkyl halides is 6. The first kappa shape index (κ1) is 29.9. The van der Waals surface area contributed by atoms with E-state index in [1.165, 1.54) is 14.0 Å². The molecule has 11 heteroatoms. The summed E-state index contributed by atoms with van der Waals surface area (Å²) >= 11 is 0. The van der Waals surface area contributed by atoms with Gasteiger partial charge in [-0.15, -0.1) is 0 Å². The summed E-state index contributed by atoms with van der Waals surface area (Å²) in [5.74, 6) is -0.565. The first-order chi connectivity index (χ1) is 18.8. The summed E-state index contributed by atoms with van der Waals surface area (Å²) in [7, 11) is 1.33. The van der Waals surface area contributed by atoms with E-state index in [1.807, 2.05) is 6.07 Å². The molecular formula is C29H31F6NO4. The van der Waals surface area contributed by atoms with Crippen molar-refractivity contribution in [2.75, 3.05) is 20.2 Å². The molecule has 2 atom stereocenters. The Kier molecular flexibility index (Phi) is 8.82. The van der Waals surface area contributed by atoms with Gasteiger partial charge in [0.05, 0.1) is 30.2 Å². The molecular weight excluding hydrogens is 540 g/mol. The quantitative estimate of drug-likeness (QED) is 0.249. The molecule has 2 aromatic rings.